The minimum absolute atomic E-state index is 0.0580. The van der Waals surface area contributed by atoms with Crippen molar-refractivity contribution in [3.63, 3.8) is 0 Å². The van der Waals surface area contributed by atoms with Gasteiger partial charge < -0.3 is 4.74 Å². The summed E-state index contributed by atoms with van der Waals surface area (Å²) in [6, 6.07) is 14.2. The van der Waals surface area contributed by atoms with Crippen molar-refractivity contribution in [1.82, 2.24) is 0 Å². The van der Waals surface area contributed by atoms with E-state index in [9.17, 15) is 4.79 Å². The van der Waals surface area contributed by atoms with Gasteiger partial charge in [0.25, 0.3) is 0 Å². The van der Waals surface area contributed by atoms with Crippen LogP contribution < -0.4 is 4.74 Å². The maximum Gasteiger partial charge on any atom is 0.311 e. The number of esters is 1. The van der Waals surface area contributed by atoms with Crippen molar-refractivity contribution in [2.24, 2.45) is 5.92 Å². The molecule has 0 aliphatic carbocycles. The van der Waals surface area contributed by atoms with Crippen molar-refractivity contribution < 1.29 is 9.53 Å². The van der Waals surface area contributed by atoms with E-state index in [4.69, 9.17) is 4.74 Å². The Hall–Kier alpha value is -1.83. The lowest BCUT2D eigenvalue weighted by Gasteiger charge is -2.17. The van der Waals surface area contributed by atoms with E-state index in [-0.39, 0.29) is 5.97 Å². The molecule has 2 aromatic carbocycles. The van der Waals surface area contributed by atoms with Crippen LogP contribution in [-0.2, 0) is 4.79 Å². The van der Waals surface area contributed by atoms with Gasteiger partial charge in [-0.05, 0) is 30.2 Å². The Kier molecular flexibility index (Phi) is 21.3. The van der Waals surface area contributed by atoms with E-state index < -0.39 is 0 Å². The van der Waals surface area contributed by atoms with E-state index >= 15 is 0 Å². The molecule has 0 aromatic heterocycles. The molecule has 0 amide bonds. The maximum atomic E-state index is 13.0. The van der Waals surface area contributed by atoms with E-state index in [1.54, 1.807) is 0 Å². The zero-order chi connectivity index (χ0) is 29.2. The molecule has 0 aliphatic rings. The molecule has 0 saturated carbocycles. The number of hydrogen-bond acceptors (Lipinski definition) is 2. The molecular weight excluding hydrogens is 500 g/mol. The van der Waals surface area contributed by atoms with Crippen LogP contribution in [0.3, 0.4) is 0 Å². The van der Waals surface area contributed by atoms with Gasteiger partial charge in [-0.3, -0.25) is 4.79 Å². The lowest BCUT2D eigenvalue weighted by atomic mass is 9.91. The Morgan fingerprint density at radius 1 is 0.537 bits per heavy atom. The summed E-state index contributed by atoms with van der Waals surface area (Å²) in [4.78, 5) is 13.0. The van der Waals surface area contributed by atoms with E-state index in [2.05, 4.69) is 26.0 Å². The van der Waals surface area contributed by atoms with Gasteiger partial charge in [0.1, 0.15) is 5.75 Å². The summed E-state index contributed by atoms with van der Waals surface area (Å²) in [6.45, 7) is 4.58. The van der Waals surface area contributed by atoms with Crippen LogP contribution in [0.1, 0.15) is 174 Å². The molecule has 0 saturated heterocycles. The molecule has 2 heteroatoms. The second-order valence-corrected chi connectivity index (χ2v) is 12.7. The summed E-state index contributed by atoms with van der Waals surface area (Å²) in [5.41, 5.74) is 0. The number of carbonyl (C=O) groups is 1. The SMILES string of the molecule is CCCCCCCCCCCCCCC(CCCCCCCCCCCC)CC(=O)Oc1cccc2ccccc12. The molecule has 0 radical (unpaired) electrons. The van der Waals surface area contributed by atoms with E-state index in [0.29, 0.717) is 18.1 Å². The molecule has 0 bridgehead atoms. The molecule has 0 fully saturated rings. The van der Waals surface area contributed by atoms with Crippen molar-refractivity contribution in [1.29, 1.82) is 0 Å². The predicted molar refractivity (Wildman–Crippen MR) is 180 cm³/mol. The Bertz CT molecular complexity index is 883. The van der Waals surface area contributed by atoms with Gasteiger partial charge in [-0.2, -0.15) is 0 Å². The van der Waals surface area contributed by atoms with Crippen LogP contribution in [0.5, 0.6) is 5.75 Å². The first-order valence-electron chi connectivity index (χ1n) is 17.9. The Labute approximate surface area is 254 Å². The summed E-state index contributed by atoms with van der Waals surface area (Å²) >= 11 is 0. The van der Waals surface area contributed by atoms with Crippen molar-refractivity contribution in [3.05, 3.63) is 42.5 Å². The molecule has 2 rings (SSSR count). The molecule has 232 valence electrons. The van der Waals surface area contributed by atoms with Gasteiger partial charge >= 0.3 is 5.97 Å². The zero-order valence-electron chi connectivity index (χ0n) is 27.1. The van der Waals surface area contributed by atoms with Crippen molar-refractivity contribution in [2.45, 2.75) is 174 Å². The average Bonchev–Trinajstić information content (AvgIpc) is 2.98. The first-order chi connectivity index (χ1) is 20.2. The van der Waals surface area contributed by atoms with Crippen molar-refractivity contribution >= 4 is 16.7 Å². The third-order valence-electron chi connectivity index (χ3n) is 8.86. The van der Waals surface area contributed by atoms with E-state index in [0.717, 1.165) is 10.8 Å². The summed E-state index contributed by atoms with van der Waals surface area (Å²) in [7, 11) is 0. The first kappa shape index (κ1) is 35.4. The number of ether oxygens (including phenoxy) is 1. The van der Waals surface area contributed by atoms with Crippen LogP contribution in [0.4, 0.5) is 0 Å². The molecule has 2 nitrogen and oxygen atoms in total. The van der Waals surface area contributed by atoms with Gasteiger partial charge in [0, 0.05) is 11.8 Å². The van der Waals surface area contributed by atoms with Gasteiger partial charge in [0.2, 0.25) is 0 Å². The fourth-order valence-corrected chi connectivity index (χ4v) is 6.23. The highest BCUT2D eigenvalue weighted by atomic mass is 16.5. The molecule has 0 heterocycles. The third kappa shape index (κ3) is 17.7. The van der Waals surface area contributed by atoms with Crippen LogP contribution >= 0.6 is 0 Å². The summed E-state index contributed by atoms with van der Waals surface area (Å²) in [5.74, 6) is 1.10. The molecule has 2 aromatic rings. The van der Waals surface area contributed by atoms with Gasteiger partial charge in [-0.1, -0.05) is 192 Å². The van der Waals surface area contributed by atoms with Crippen LogP contribution in [0.25, 0.3) is 10.8 Å². The minimum Gasteiger partial charge on any atom is -0.426 e. The van der Waals surface area contributed by atoms with Crippen molar-refractivity contribution in [3.8, 4) is 5.75 Å². The molecule has 0 spiro atoms. The molecule has 0 aliphatic heterocycles. The fraction of sp³-hybridized carbons (Fsp3) is 0.718. The van der Waals surface area contributed by atoms with Crippen LogP contribution in [0, 0.1) is 5.92 Å². The largest absolute Gasteiger partial charge is 0.426 e. The molecule has 1 unspecified atom stereocenters. The number of carbonyl (C=O) groups excluding carboxylic acids is 1. The lowest BCUT2D eigenvalue weighted by molar-refractivity contribution is -0.135. The lowest BCUT2D eigenvalue weighted by Crippen LogP contribution is -2.15. The van der Waals surface area contributed by atoms with Gasteiger partial charge in [-0.25, -0.2) is 0 Å². The number of fused-ring (bicyclic) bond motifs is 1. The zero-order valence-corrected chi connectivity index (χ0v) is 27.1. The van der Waals surface area contributed by atoms with Crippen LogP contribution in [0.15, 0.2) is 42.5 Å². The van der Waals surface area contributed by atoms with E-state index in [1.165, 1.54) is 154 Å². The predicted octanol–water partition coefficient (Wildman–Crippen LogP) is 13.2. The second-order valence-electron chi connectivity index (χ2n) is 12.7. The number of rotatable bonds is 27. The monoisotopic (exact) mass is 564 g/mol. The number of hydrogen-bond donors (Lipinski definition) is 0. The molecular formula is C39H64O2. The first-order valence-corrected chi connectivity index (χ1v) is 17.9. The Morgan fingerprint density at radius 3 is 1.44 bits per heavy atom. The van der Waals surface area contributed by atoms with Crippen molar-refractivity contribution in [2.75, 3.05) is 0 Å². The third-order valence-corrected chi connectivity index (χ3v) is 8.86. The fourth-order valence-electron chi connectivity index (χ4n) is 6.23. The average molecular weight is 565 g/mol. The number of benzene rings is 2. The highest BCUT2D eigenvalue weighted by Gasteiger charge is 2.16. The normalized spacial score (nSPS) is 12.1. The van der Waals surface area contributed by atoms with E-state index in [1.807, 2.05) is 30.3 Å². The standard InChI is InChI=1S/C39H64O2/c1-3-5-7-9-11-13-15-16-18-20-22-24-29-35(28-23-21-19-17-14-12-10-8-6-4-2)34-39(40)41-38-33-27-31-36-30-25-26-32-37(36)38/h25-27,30-33,35H,3-24,28-29,34H2,1-2H3. The summed E-state index contributed by atoms with van der Waals surface area (Å²) < 4.78 is 5.93. The van der Waals surface area contributed by atoms with Gasteiger partial charge in [0.05, 0.1) is 0 Å². The smallest absolute Gasteiger partial charge is 0.311 e. The highest BCUT2D eigenvalue weighted by Crippen LogP contribution is 2.28. The highest BCUT2D eigenvalue weighted by molar-refractivity contribution is 5.90. The molecule has 41 heavy (non-hydrogen) atoms. The number of unbranched alkanes of at least 4 members (excludes halogenated alkanes) is 20. The summed E-state index contributed by atoms with van der Waals surface area (Å²) in [5, 5.41) is 2.15. The molecule has 0 N–H and O–H groups in total. The Morgan fingerprint density at radius 2 is 0.951 bits per heavy atom. The quantitative estimate of drug-likeness (QED) is 0.0612. The van der Waals surface area contributed by atoms with Gasteiger partial charge in [0.15, 0.2) is 0 Å². The molecule has 1 atom stereocenters. The minimum atomic E-state index is -0.0580. The van der Waals surface area contributed by atoms with Gasteiger partial charge in [-0.15, -0.1) is 0 Å². The topological polar surface area (TPSA) is 26.3 Å². The van der Waals surface area contributed by atoms with Crippen LogP contribution in [-0.4, -0.2) is 5.97 Å². The van der Waals surface area contributed by atoms with Crippen LogP contribution in [0.2, 0.25) is 0 Å². The summed E-state index contributed by atoms with van der Waals surface area (Å²) in [6.07, 6.45) is 33.0. The maximum absolute atomic E-state index is 13.0. The Balaban J connectivity index is 1.68. The second kappa shape index (κ2) is 24.7.